The Morgan fingerprint density at radius 1 is 1.07 bits per heavy atom. The summed E-state index contributed by atoms with van der Waals surface area (Å²) >= 11 is 7.86. The summed E-state index contributed by atoms with van der Waals surface area (Å²) in [7, 11) is 0. The first-order valence-corrected chi connectivity index (χ1v) is 15.9. The lowest BCUT2D eigenvalue weighted by atomic mass is 10.00. The van der Waals surface area contributed by atoms with Gasteiger partial charge in [0, 0.05) is 48.7 Å². The number of halogens is 1. The molecule has 4 rings (SSSR count). The van der Waals surface area contributed by atoms with Gasteiger partial charge < -0.3 is 9.64 Å². The summed E-state index contributed by atoms with van der Waals surface area (Å²) in [6.07, 6.45) is 1.70. The highest BCUT2D eigenvalue weighted by Gasteiger charge is 2.31. The van der Waals surface area contributed by atoms with Gasteiger partial charge in [0.2, 0.25) is 5.95 Å². The summed E-state index contributed by atoms with van der Waals surface area (Å²) in [5.41, 5.74) is 4.89. The smallest absolute Gasteiger partial charge is 0.410 e. The molecule has 226 valence electrons. The molecule has 1 aliphatic rings. The van der Waals surface area contributed by atoms with Crippen molar-refractivity contribution in [2.24, 2.45) is 5.92 Å². The van der Waals surface area contributed by atoms with Gasteiger partial charge in [-0.1, -0.05) is 55.8 Å². The van der Waals surface area contributed by atoms with Crippen LogP contribution < -0.4 is 4.72 Å². The minimum atomic E-state index is -0.505. The van der Waals surface area contributed by atoms with Crippen LogP contribution in [0.3, 0.4) is 0 Å². The number of amides is 1. The van der Waals surface area contributed by atoms with Crippen molar-refractivity contribution in [3.8, 4) is 11.3 Å². The van der Waals surface area contributed by atoms with E-state index in [9.17, 15) is 4.79 Å². The van der Waals surface area contributed by atoms with Crippen LogP contribution >= 0.6 is 23.5 Å². The Labute approximate surface area is 260 Å². The maximum absolute atomic E-state index is 13.1. The van der Waals surface area contributed by atoms with Gasteiger partial charge >= 0.3 is 6.09 Å². The van der Waals surface area contributed by atoms with Crippen LogP contribution in [0, 0.1) is 19.8 Å². The number of aryl methyl sites for hydroxylation is 2. The van der Waals surface area contributed by atoms with E-state index in [1.54, 1.807) is 0 Å². The zero-order valence-electron chi connectivity index (χ0n) is 25.9. The fraction of sp³-hybridized carbons (Fsp3) is 0.485. The summed E-state index contributed by atoms with van der Waals surface area (Å²) in [4.78, 5) is 27.7. The first-order valence-electron chi connectivity index (χ1n) is 14.7. The van der Waals surface area contributed by atoms with Gasteiger partial charge in [-0.3, -0.25) is 9.62 Å². The van der Waals surface area contributed by atoms with Crippen LogP contribution in [0.5, 0.6) is 0 Å². The molecule has 0 bridgehead atoms. The molecule has 1 unspecified atom stereocenters. The van der Waals surface area contributed by atoms with Crippen molar-refractivity contribution >= 4 is 35.6 Å². The van der Waals surface area contributed by atoms with Crippen LogP contribution in [0.2, 0.25) is 5.15 Å². The van der Waals surface area contributed by atoms with Crippen LogP contribution in [0.1, 0.15) is 64.2 Å². The number of aromatic nitrogens is 2. The average molecular weight is 610 g/mol. The average Bonchev–Trinajstić information content (AvgIpc) is 3.08. The Bertz CT molecular complexity index is 1360. The summed E-state index contributed by atoms with van der Waals surface area (Å²) in [6.45, 7) is 17.6. The molecule has 3 aromatic rings. The largest absolute Gasteiger partial charge is 0.444 e. The van der Waals surface area contributed by atoms with E-state index in [2.05, 4.69) is 78.7 Å². The molecule has 0 radical (unpaired) electrons. The molecule has 1 N–H and O–H groups in total. The number of hydrogen-bond donors (Lipinski definition) is 1. The minimum absolute atomic E-state index is 0.182. The SMILES string of the molecule is Cc1cccc(C)c1-c1cc(Cl)nc(NSc2cccc(CN3CCC(CC(C)C)N(C(=O)OC(C)(C)C)CC3)c2)n1. The third-order valence-electron chi connectivity index (χ3n) is 7.24. The van der Waals surface area contributed by atoms with Crippen molar-refractivity contribution in [2.75, 3.05) is 24.4 Å². The maximum Gasteiger partial charge on any atom is 0.410 e. The van der Waals surface area contributed by atoms with Crippen LogP contribution in [-0.2, 0) is 11.3 Å². The third kappa shape index (κ3) is 9.09. The fourth-order valence-corrected chi connectivity index (χ4v) is 6.26. The Hall–Kier alpha value is -2.81. The molecule has 2 heterocycles. The van der Waals surface area contributed by atoms with Gasteiger partial charge in [-0.25, -0.2) is 14.8 Å². The molecule has 1 amide bonds. The molecular weight excluding hydrogens is 566 g/mol. The highest BCUT2D eigenvalue weighted by molar-refractivity contribution is 8.00. The predicted octanol–water partition coefficient (Wildman–Crippen LogP) is 8.39. The van der Waals surface area contributed by atoms with Crippen LogP contribution in [0.15, 0.2) is 53.4 Å². The molecule has 1 saturated heterocycles. The van der Waals surface area contributed by atoms with Crippen LogP contribution in [0.25, 0.3) is 11.3 Å². The molecule has 0 spiro atoms. The number of nitrogens with one attached hydrogen (secondary N) is 1. The zero-order valence-corrected chi connectivity index (χ0v) is 27.5. The second kappa shape index (κ2) is 14.1. The maximum atomic E-state index is 13.1. The third-order valence-corrected chi connectivity index (χ3v) is 8.21. The summed E-state index contributed by atoms with van der Waals surface area (Å²) in [5, 5.41) is 0.400. The predicted molar refractivity (Wildman–Crippen MR) is 174 cm³/mol. The molecule has 1 aromatic heterocycles. The quantitative estimate of drug-likeness (QED) is 0.203. The monoisotopic (exact) mass is 609 g/mol. The Morgan fingerprint density at radius 3 is 2.48 bits per heavy atom. The van der Waals surface area contributed by atoms with E-state index in [0.717, 1.165) is 59.8 Å². The highest BCUT2D eigenvalue weighted by atomic mass is 35.5. The van der Waals surface area contributed by atoms with E-state index in [0.29, 0.717) is 23.6 Å². The number of carbonyl (C=O) groups excluding carboxylic acids is 1. The second-order valence-corrected chi connectivity index (χ2v) is 13.8. The lowest BCUT2D eigenvalue weighted by Gasteiger charge is -2.32. The number of hydrogen-bond acceptors (Lipinski definition) is 7. The van der Waals surface area contributed by atoms with Gasteiger partial charge in [-0.2, -0.15) is 0 Å². The van der Waals surface area contributed by atoms with Crippen molar-refractivity contribution in [1.82, 2.24) is 19.8 Å². The molecule has 1 fully saturated rings. The van der Waals surface area contributed by atoms with Crippen LogP contribution in [0.4, 0.5) is 10.7 Å². The number of nitrogens with zero attached hydrogens (tertiary/aromatic N) is 4. The molecular formula is C33H44ClN5O2S. The Kier molecular flexibility index (Phi) is 10.8. The molecule has 0 aliphatic carbocycles. The van der Waals surface area contributed by atoms with Gasteiger partial charge in [0.15, 0.2) is 0 Å². The van der Waals surface area contributed by atoms with Crippen molar-refractivity contribution in [2.45, 2.75) is 84.4 Å². The van der Waals surface area contributed by atoms with E-state index in [1.165, 1.54) is 17.5 Å². The summed E-state index contributed by atoms with van der Waals surface area (Å²) < 4.78 is 9.06. The second-order valence-electron chi connectivity index (χ2n) is 12.5. The van der Waals surface area contributed by atoms with Gasteiger partial charge in [0.05, 0.1) is 5.69 Å². The summed E-state index contributed by atoms with van der Waals surface area (Å²) in [5.74, 6) is 0.981. The number of carbonyl (C=O) groups is 1. The minimum Gasteiger partial charge on any atom is -0.444 e. The number of rotatable bonds is 8. The Balaban J connectivity index is 1.41. The van der Waals surface area contributed by atoms with Gasteiger partial charge in [-0.15, -0.1) is 0 Å². The molecule has 42 heavy (non-hydrogen) atoms. The van der Waals surface area contributed by atoms with Crippen molar-refractivity contribution < 1.29 is 9.53 Å². The number of benzene rings is 2. The van der Waals surface area contributed by atoms with Gasteiger partial charge in [0.1, 0.15) is 10.8 Å². The lowest BCUT2D eigenvalue weighted by Crippen LogP contribution is -2.44. The van der Waals surface area contributed by atoms with E-state index in [4.69, 9.17) is 21.3 Å². The first-order chi connectivity index (χ1) is 19.9. The van der Waals surface area contributed by atoms with Crippen molar-refractivity contribution in [3.63, 3.8) is 0 Å². The normalized spacial score (nSPS) is 16.4. The molecule has 0 saturated carbocycles. The highest BCUT2D eigenvalue weighted by Crippen LogP contribution is 2.30. The number of anilines is 1. The van der Waals surface area contributed by atoms with E-state index in [-0.39, 0.29) is 12.1 Å². The van der Waals surface area contributed by atoms with Crippen LogP contribution in [-0.4, -0.2) is 57.1 Å². The molecule has 7 nitrogen and oxygen atoms in total. The van der Waals surface area contributed by atoms with E-state index >= 15 is 0 Å². The van der Waals surface area contributed by atoms with Gasteiger partial charge in [-0.05, 0) is 94.1 Å². The van der Waals surface area contributed by atoms with Crippen molar-refractivity contribution in [3.05, 3.63) is 70.4 Å². The molecule has 2 aromatic carbocycles. The molecule has 1 aliphatic heterocycles. The van der Waals surface area contributed by atoms with E-state index in [1.807, 2.05) is 37.8 Å². The van der Waals surface area contributed by atoms with Crippen molar-refractivity contribution in [1.29, 1.82) is 0 Å². The molecule has 1 atom stereocenters. The number of ether oxygens (including phenoxy) is 1. The Morgan fingerprint density at radius 2 is 1.79 bits per heavy atom. The topological polar surface area (TPSA) is 70.6 Å². The zero-order chi connectivity index (χ0) is 30.4. The standard InChI is InChI=1S/C33H44ClN5O2S/c1-22(2)18-26-14-15-38(16-17-39(26)32(40)41-33(5,6)7)21-25-12-9-13-27(19-25)42-37-31-35-28(20-29(34)36-31)30-23(3)10-8-11-24(30)4/h8-13,19-20,22,26H,14-18,21H2,1-7H3,(H,35,36,37). The first kappa shape index (κ1) is 32.1. The lowest BCUT2D eigenvalue weighted by molar-refractivity contribution is 0.0152. The van der Waals surface area contributed by atoms with E-state index < -0.39 is 5.60 Å². The fourth-order valence-electron chi connectivity index (χ4n) is 5.42. The summed E-state index contributed by atoms with van der Waals surface area (Å²) in [6, 6.07) is 16.7. The molecule has 9 heteroatoms. The van der Waals surface area contributed by atoms with Gasteiger partial charge in [0.25, 0.3) is 0 Å².